The highest BCUT2D eigenvalue weighted by Gasteiger charge is 2.34. The molecular weight excluding hydrogens is 472 g/mol. The van der Waals surface area contributed by atoms with E-state index < -0.39 is 47.2 Å². The van der Waals surface area contributed by atoms with Crippen molar-refractivity contribution in [2.75, 3.05) is 10.6 Å². The van der Waals surface area contributed by atoms with E-state index in [0.717, 1.165) is 29.1 Å². The Hall–Kier alpha value is -4.55. The van der Waals surface area contributed by atoms with E-state index in [1.807, 2.05) is 0 Å². The maximum absolute atomic E-state index is 13.8. The number of alkyl halides is 3. The number of aromatic nitrogens is 4. The zero-order valence-electron chi connectivity index (χ0n) is 17.9. The monoisotopic (exact) mass is 488 g/mol. The summed E-state index contributed by atoms with van der Waals surface area (Å²) in [6, 6.07) is 7.69. The lowest BCUT2D eigenvalue weighted by Gasteiger charge is -2.16. The molecule has 2 N–H and O–H groups in total. The molecular formula is C22H16F4N6O3. The average Bonchev–Trinajstić information content (AvgIpc) is 3.17. The van der Waals surface area contributed by atoms with Crippen LogP contribution in [0.2, 0.25) is 0 Å². The topological polar surface area (TPSA) is 111 Å². The highest BCUT2D eigenvalue weighted by Crippen LogP contribution is 2.36. The number of hydrogen-bond donors (Lipinski definition) is 2. The van der Waals surface area contributed by atoms with Gasteiger partial charge in [-0.2, -0.15) is 18.3 Å². The fraction of sp³-hybridized carbons (Fsp3) is 0.136. The molecule has 2 aromatic heterocycles. The molecule has 4 rings (SSSR count). The predicted octanol–water partition coefficient (Wildman–Crippen LogP) is 3.18. The van der Waals surface area contributed by atoms with E-state index in [9.17, 15) is 31.9 Å². The molecule has 9 nitrogen and oxygen atoms in total. The Kier molecular flexibility index (Phi) is 6.07. The molecule has 0 unspecified atom stereocenters. The van der Waals surface area contributed by atoms with Crippen molar-refractivity contribution >= 4 is 34.2 Å². The second-order valence-electron chi connectivity index (χ2n) is 7.42. The number of carbonyl (C=O) groups excluding carboxylic acids is 2. The van der Waals surface area contributed by atoms with E-state index in [4.69, 9.17) is 0 Å². The van der Waals surface area contributed by atoms with Gasteiger partial charge in [0.05, 0.1) is 23.0 Å². The van der Waals surface area contributed by atoms with Gasteiger partial charge in [-0.3, -0.25) is 23.6 Å². The van der Waals surface area contributed by atoms with Crippen molar-refractivity contribution in [3.63, 3.8) is 0 Å². The third kappa shape index (κ3) is 4.88. The molecule has 13 heteroatoms. The quantitative estimate of drug-likeness (QED) is 0.420. The molecule has 0 saturated carbocycles. The number of rotatable bonds is 5. The summed E-state index contributed by atoms with van der Waals surface area (Å²) < 4.78 is 57.1. The van der Waals surface area contributed by atoms with Crippen molar-refractivity contribution < 1.29 is 27.2 Å². The number of halogens is 4. The smallest absolute Gasteiger partial charge is 0.324 e. The summed E-state index contributed by atoms with van der Waals surface area (Å²) in [5, 5.41) is 8.38. The van der Waals surface area contributed by atoms with Gasteiger partial charge in [-0.25, -0.2) is 9.37 Å². The maximum atomic E-state index is 13.8. The lowest BCUT2D eigenvalue weighted by atomic mass is 10.1. The molecule has 0 fully saturated rings. The Morgan fingerprint density at radius 2 is 1.83 bits per heavy atom. The SMILES string of the molecule is Cn1ncc2c(=O)n(CC(=O)Nc3ccc(NC(=O)c4ccccc4F)cc3C(F)(F)F)cnc21. The minimum atomic E-state index is -4.89. The van der Waals surface area contributed by atoms with Crippen LogP contribution in [0.4, 0.5) is 28.9 Å². The Morgan fingerprint density at radius 1 is 1.09 bits per heavy atom. The molecule has 4 aromatic rings. The van der Waals surface area contributed by atoms with Gasteiger partial charge in [0, 0.05) is 12.7 Å². The molecule has 0 radical (unpaired) electrons. The predicted molar refractivity (Wildman–Crippen MR) is 117 cm³/mol. The first-order valence-electron chi connectivity index (χ1n) is 9.98. The second kappa shape index (κ2) is 9.00. The molecule has 0 atom stereocenters. The van der Waals surface area contributed by atoms with Crippen LogP contribution >= 0.6 is 0 Å². The Balaban J connectivity index is 1.56. The zero-order valence-corrected chi connectivity index (χ0v) is 17.9. The highest BCUT2D eigenvalue weighted by molar-refractivity contribution is 6.04. The number of carbonyl (C=O) groups is 2. The number of benzene rings is 2. The van der Waals surface area contributed by atoms with Crippen molar-refractivity contribution in [2.45, 2.75) is 12.7 Å². The summed E-state index contributed by atoms with van der Waals surface area (Å²) in [5.41, 5.74) is -2.73. The summed E-state index contributed by atoms with van der Waals surface area (Å²) in [5.74, 6) is -2.68. The molecule has 0 bridgehead atoms. The maximum Gasteiger partial charge on any atom is 0.418 e. The van der Waals surface area contributed by atoms with Gasteiger partial charge in [0.25, 0.3) is 11.5 Å². The molecule has 0 aliphatic carbocycles. The Morgan fingerprint density at radius 3 is 2.54 bits per heavy atom. The van der Waals surface area contributed by atoms with Gasteiger partial charge in [-0.15, -0.1) is 0 Å². The van der Waals surface area contributed by atoms with Gasteiger partial charge in [0.2, 0.25) is 5.91 Å². The van der Waals surface area contributed by atoms with Crippen LogP contribution in [0, 0.1) is 5.82 Å². The second-order valence-corrected chi connectivity index (χ2v) is 7.42. The number of anilines is 2. The zero-order chi connectivity index (χ0) is 25.3. The molecule has 2 amide bonds. The summed E-state index contributed by atoms with van der Waals surface area (Å²) in [4.78, 5) is 41.2. The van der Waals surface area contributed by atoms with Crippen LogP contribution in [0.3, 0.4) is 0 Å². The van der Waals surface area contributed by atoms with E-state index in [2.05, 4.69) is 20.7 Å². The minimum absolute atomic E-state index is 0.147. The molecule has 2 aromatic carbocycles. The number of amides is 2. The summed E-state index contributed by atoms with van der Waals surface area (Å²) in [6.45, 7) is -0.597. The van der Waals surface area contributed by atoms with Crippen molar-refractivity contribution in [3.8, 4) is 0 Å². The molecule has 0 spiro atoms. The summed E-state index contributed by atoms with van der Waals surface area (Å²) >= 11 is 0. The van der Waals surface area contributed by atoms with E-state index in [1.54, 1.807) is 7.05 Å². The van der Waals surface area contributed by atoms with Crippen LogP contribution in [-0.4, -0.2) is 31.1 Å². The van der Waals surface area contributed by atoms with Crippen LogP contribution in [-0.2, 0) is 24.6 Å². The highest BCUT2D eigenvalue weighted by atomic mass is 19.4. The number of aryl methyl sites for hydroxylation is 1. The van der Waals surface area contributed by atoms with Crippen molar-refractivity contribution in [2.24, 2.45) is 7.05 Å². The van der Waals surface area contributed by atoms with Gasteiger partial charge < -0.3 is 10.6 Å². The van der Waals surface area contributed by atoms with Crippen LogP contribution in [0.5, 0.6) is 0 Å². The third-order valence-electron chi connectivity index (χ3n) is 5.01. The standard InChI is InChI=1S/C22H16F4N6O3/c1-31-19-14(9-28-31)21(35)32(11-27-19)10-18(33)30-17-7-6-12(8-15(17)22(24,25)26)29-20(34)13-4-2-3-5-16(13)23/h2-9,11H,10H2,1H3,(H,29,34)(H,30,33). The minimum Gasteiger partial charge on any atom is -0.324 e. The van der Waals surface area contributed by atoms with Gasteiger partial charge in [-0.1, -0.05) is 12.1 Å². The fourth-order valence-electron chi connectivity index (χ4n) is 3.33. The van der Waals surface area contributed by atoms with E-state index in [1.165, 1.54) is 29.1 Å². The number of fused-ring (bicyclic) bond motifs is 1. The Bertz CT molecular complexity index is 1510. The van der Waals surface area contributed by atoms with Crippen LogP contribution in [0.1, 0.15) is 15.9 Å². The van der Waals surface area contributed by atoms with E-state index in [0.29, 0.717) is 11.7 Å². The molecule has 2 heterocycles. The molecule has 0 saturated heterocycles. The Labute approximate surface area is 194 Å². The molecule has 35 heavy (non-hydrogen) atoms. The van der Waals surface area contributed by atoms with Gasteiger partial charge in [-0.05, 0) is 30.3 Å². The van der Waals surface area contributed by atoms with Gasteiger partial charge in [0.1, 0.15) is 24.1 Å². The molecule has 0 aliphatic rings. The number of nitrogens with one attached hydrogen (secondary N) is 2. The number of hydrogen-bond acceptors (Lipinski definition) is 5. The molecule has 0 aliphatic heterocycles. The largest absolute Gasteiger partial charge is 0.418 e. The number of nitrogens with zero attached hydrogens (tertiary/aromatic N) is 4. The summed E-state index contributed by atoms with van der Waals surface area (Å²) in [7, 11) is 1.58. The third-order valence-corrected chi connectivity index (χ3v) is 5.01. The van der Waals surface area contributed by atoms with Gasteiger partial charge >= 0.3 is 6.18 Å². The first-order valence-corrected chi connectivity index (χ1v) is 9.98. The molecule has 180 valence electrons. The summed E-state index contributed by atoms with van der Waals surface area (Å²) in [6.07, 6.45) is -2.53. The van der Waals surface area contributed by atoms with Gasteiger partial charge in [0.15, 0.2) is 5.65 Å². The van der Waals surface area contributed by atoms with Crippen molar-refractivity contribution in [1.29, 1.82) is 0 Å². The van der Waals surface area contributed by atoms with Crippen LogP contribution < -0.4 is 16.2 Å². The van der Waals surface area contributed by atoms with E-state index in [-0.39, 0.29) is 16.6 Å². The van der Waals surface area contributed by atoms with Crippen LogP contribution in [0.15, 0.2) is 59.8 Å². The lowest BCUT2D eigenvalue weighted by Crippen LogP contribution is -2.28. The first kappa shape index (κ1) is 23.6. The van der Waals surface area contributed by atoms with Crippen LogP contribution in [0.25, 0.3) is 11.0 Å². The normalized spacial score (nSPS) is 11.5. The van der Waals surface area contributed by atoms with Crippen molar-refractivity contribution in [3.05, 3.63) is 82.3 Å². The van der Waals surface area contributed by atoms with Crippen molar-refractivity contribution in [1.82, 2.24) is 19.3 Å². The first-order chi connectivity index (χ1) is 16.5. The average molecular weight is 488 g/mol. The fourth-order valence-corrected chi connectivity index (χ4v) is 3.33. The van der Waals surface area contributed by atoms with E-state index >= 15 is 0 Å². The lowest BCUT2D eigenvalue weighted by molar-refractivity contribution is -0.136.